The van der Waals surface area contributed by atoms with Crippen molar-refractivity contribution < 1.29 is 13.3 Å². The number of quaternary nitrogens is 1. The molecule has 1 saturated heterocycles. The highest BCUT2D eigenvalue weighted by Crippen LogP contribution is 2.16. The fourth-order valence-electron chi connectivity index (χ4n) is 1.90. The lowest BCUT2D eigenvalue weighted by molar-refractivity contribution is -0.883. The summed E-state index contributed by atoms with van der Waals surface area (Å²) >= 11 is 0. The molecular weight excluding hydrogens is 238 g/mol. The fraction of sp³-hybridized carbons (Fsp3) is 0.455. The van der Waals surface area contributed by atoms with Crippen molar-refractivity contribution in [3.63, 3.8) is 0 Å². The van der Waals surface area contributed by atoms with Crippen LogP contribution in [0.4, 0.5) is 5.69 Å². The van der Waals surface area contributed by atoms with Crippen molar-refractivity contribution in [1.29, 1.82) is 0 Å². The van der Waals surface area contributed by atoms with Crippen LogP contribution in [0.25, 0.3) is 0 Å². The largest absolute Gasteiger partial charge is 0.399 e. The molecule has 1 fully saturated rings. The third-order valence-corrected chi connectivity index (χ3v) is 5.01. The van der Waals surface area contributed by atoms with Crippen LogP contribution in [-0.2, 0) is 10.0 Å². The Morgan fingerprint density at radius 2 is 1.71 bits per heavy atom. The number of likely N-dealkylation sites (N-methyl/N-ethyl adjacent to an activating group) is 1. The predicted octanol–water partition coefficient (Wildman–Crippen LogP) is -1.21. The molecule has 0 amide bonds. The number of rotatable bonds is 2. The van der Waals surface area contributed by atoms with Gasteiger partial charge in [0.1, 0.15) is 0 Å². The Bertz CT molecular complexity index is 476. The van der Waals surface area contributed by atoms with Crippen molar-refractivity contribution in [2.45, 2.75) is 4.90 Å². The van der Waals surface area contributed by atoms with Crippen LogP contribution in [0, 0.1) is 0 Å². The SMILES string of the molecule is C[NH+]1CCN(S(=O)(=O)c2ccc(N)cc2)CC1. The van der Waals surface area contributed by atoms with E-state index >= 15 is 0 Å². The minimum atomic E-state index is -3.34. The normalized spacial score (nSPS) is 19.4. The molecule has 0 saturated carbocycles. The summed E-state index contributed by atoms with van der Waals surface area (Å²) in [5.41, 5.74) is 6.13. The van der Waals surface area contributed by atoms with Crippen LogP contribution in [0.1, 0.15) is 0 Å². The Hall–Kier alpha value is -1.11. The molecule has 0 unspecified atom stereocenters. The first kappa shape index (κ1) is 12.3. The zero-order chi connectivity index (χ0) is 12.5. The summed E-state index contributed by atoms with van der Waals surface area (Å²) in [6.07, 6.45) is 0. The van der Waals surface area contributed by atoms with Crippen molar-refractivity contribution in [1.82, 2.24) is 4.31 Å². The van der Waals surface area contributed by atoms with E-state index in [2.05, 4.69) is 7.05 Å². The van der Waals surface area contributed by atoms with Crippen LogP contribution in [0.15, 0.2) is 29.2 Å². The molecule has 3 N–H and O–H groups in total. The number of hydrogen-bond donors (Lipinski definition) is 2. The Morgan fingerprint density at radius 1 is 1.18 bits per heavy atom. The van der Waals surface area contributed by atoms with Gasteiger partial charge in [-0.05, 0) is 24.3 Å². The molecule has 1 heterocycles. The summed E-state index contributed by atoms with van der Waals surface area (Å²) in [5, 5.41) is 0. The second kappa shape index (κ2) is 4.64. The first-order chi connectivity index (χ1) is 8.00. The number of anilines is 1. The van der Waals surface area contributed by atoms with Crippen LogP contribution in [0.5, 0.6) is 0 Å². The van der Waals surface area contributed by atoms with Crippen LogP contribution in [-0.4, -0.2) is 45.9 Å². The highest BCUT2D eigenvalue weighted by atomic mass is 32.2. The maximum atomic E-state index is 12.3. The number of nitrogen functional groups attached to an aromatic ring is 1. The van der Waals surface area contributed by atoms with Gasteiger partial charge >= 0.3 is 0 Å². The minimum Gasteiger partial charge on any atom is -0.399 e. The van der Waals surface area contributed by atoms with E-state index in [1.165, 1.54) is 4.90 Å². The Balaban J connectivity index is 2.21. The molecule has 0 spiro atoms. The third-order valence-electron chi connectivity index (χ3n) is 3.09. The van der Waals surface area contributed by atoms with E-state index in [-0.39, 0.29) is 0 Å². The fourth-order valence-corrected chi connectivity index (χ4v) is 3.34. The number of nitrogens with one attached hydrogen (secondary N) is 1. The number of nitrogens with two attached hydrogens (primary N) is 1. The third kappa shape index (κ3) is 2.59. The van der Waals surface area contributed by atoms with Crippen molar-refractivity contribution in [2.75, 3.05) is 39.0 Å². The molecule has 1 aromatic rings. The molecule has 2 rings (SSSR count). The molecule has 1 aliphatic heterocycles. The Morgan fingerprint density at radius 3 is 2.24 bits per heavy atom. The lowest BCUT2D eigenvalue weighted by atomic mass is 10.3. The van der Waals surface area contributed by atoms with Gasteiger partial charge in [0.15, 0.2) is 0 Å². The standard InChI is InChI=1S/C11H17N3O2S/c1-13-6-8-14(9-7-13)17(15,16)11-4-2-10(12)3-5-11/h2-5H,6-9,12H2,1H3/p+1. The predicted molar refractivity (Wildman–Crippen MR) is 66.2 cm³/mol. The van der Waals surface area contributed by atoms with Gasteiger partial charge in [-0.1, -0.05) is 0 Å². The van der Waals surface area contributed by atoms with Gasteiger partial charge < -0.3 is 10.6 Å². The summed E-state index contributed by atoms with van der Waals surface area (Å²) in [6, 6.07) is 6.37. The molecule has 0 radical (unpaired) electrons. The molecule has 17 heavy (non-hydrogen) atoms. The zero-order valence-corrected chi connectivity index (χ0v) is 10.7. The lowest BCUT2D eigenvalue weighted by Crippen LogP contribution is -3.12. The molecule has 1 aromatic carbocycles. The van der Waals surface area contributed by atoms with Gasteiger partial charge in [0.05, 0.1) is 38.1 Å². The maximum Gasteiger partial charge on any atom is 0.243 e. The highest BCUT2D eigenvalue weighted by molar-refractivity contribution is 7.89. The monoisotopic (exact) mass is 256 g/mol. The second-order valence-corrected chi connectivity index (χ2v) is 6.37. The molecule has 1 aliphatic rings. The molecule has 0 atom stereocenters. The van der Waals surface area contributed by atoms with Crippen LogP contribution in [0.3, 0.4) is 0 Å². The number of piperazine rings is 1. The van der Waals surface area contributed by atoms with Crippen molar-refractivity contribution in [3.8, 4) is 0 Å². The number of sulfonamides is 1. The number of benzene rings is 1. The van der Waals surface area contributed by atoms with Crippen molar-refractivity contribution >= 4 is 15.7 Å². The summed E-state index contributed by atoms with van der Waals surface area (Å²) in [5.74, 6) is 0. The van der Waals surface area contributed by atoms with Crippen molar-refractivity contribution in [2.24, 2.45) is 0 Å². The molecule has 5 nitrogen and oxygen atoms in total. The molecule has 0 aromatic heterocycles. The van der Waals surface area contributed by atoms with Crippen LogP contribution in [0.2, 0.25) is 0 Å². The highest BCUT2D eigenvalue weighted by Gasteiger charge is 2.28. The molecular formula is C11H18N3O2S+. The smallest absolute Gasteiger partial charge is 0.243 e. The first-order valence-corrected chi connectivity index (χ1v) is 7.11. The van der Waals surface area contributed by atoms with Gasteiger partial charge in [0, 0.05) is 5.69 Å². The minimum absolute atomic E-state index is 0.325. The molecule has 0 aliphatic carbocycles. The van der Waals surface area contributed by atoms with E-state index in [4.69, 9.17) is 5.73 Å². The Labute approximate surface area is 102 Å². The summed E-state index contributed by atoms with van der Waals surface area (Å²) in [4.78, 5) is 1.69. The van der Waals surface area contributed by atoms with E-state index < -0.39 is 10.0 Å². The van der Waals surface area contributed by atoms with Gasteiger partial charge in [-0.15, -0.1) is 0 Å². The van der Waals surface area contributed by atoms with E-state index in [1.54, 1.807) is 28.6 Å². The van der Waals surface area contributed by atoms with E-state index in [0.717, 1.165) is 13.1 Å². The van der Waals surface area contributed by atoms with Gasteiger partial charge in [-0.3, -0.25) is 0 Å². The number of hydrogen-bond acceptors (Lipinski definition) is 3. The second-order valence-electron chi connectivity index (χ2n) is 4.43. The Kier molecular flexibility index (Phi) is 3.37. The average molecular weight is 256 g/mol. The topological polar surface area (TPSA) is 67.8 Å². The summed E-state index contributed by atoms with van der Waals surface area (Å²) in [7, 11) is -1.26. The molecule has 0 bridgehead atoms. The maximum absolute atomic E-state index is 12.3. The van der Waals surface area contributed by atoms with E-state index in [0.29, 0.717) is 23.7 Å². The first-order valence-electron chi connectivity index (χ1n) is 5.67. The van der Waals surface area contributed by atoms with Gasteiger partial charge in [0.2, 0.25) is 10.0 Å². The zero-order valence-electron chi connectivity index (χ0n) is 9.89. The van der Waals surface area contributed by atoms with Gasteiger partial charge in [-0.2, -0.15) is 4.31 Å². The van der Waals surface area contributed by atoms with Crippen LogP contribution >= 0.6 is 0 Å². The lowest BCUT2D eigenvalue weighted by Gasteiger charge is -2.29. The summed E-state index contributed by atoms with van der Waals surface area (Å²) < 4.78 is 26.1. The average Bonchev–Trinajstić information content (AvgIpc) is 2.30. The molecule has 6 heteroatoms. The quantitative estimate of drug-likeness (QED) is 0.652. The van der Waals surface area contributed by atoms with E-state index in [1.807, 2.05) is 0 Å². The van der Waals surface area contributed by atoms with Gasteiger partial charge in [-0.25, -0.2) is 8.42 Å². The van der Waals surface area contributed by atoms with Crippen LogP contribution < -0.4 is 10.6 Å². The van der Waals surface area contributed by atoms with Gasteiger partial charge in [0.25, 0.3) is 0 Å². The molecule has 94 valence electrons. The number of nitrogens with zero attached hydrogens (tertiary/aromatic N) is 1. The van der Waals surface area contributed by atoms with E-state index in [9.17, 15) is 8.42 Å². The van der Waals surface area contributed by atoms with Crippen molar-refractivity contribution in [3.05, 3.63) is 24.3 Å². The summed E-state index contributed by atoms with van der Waals surface area (Å²) in [6.45, 7) is 2.87.